The van der Waals surface area contributed by atoms with Gasteiger partial charge in [0.25, 0.3) is 0 Å². The maximum absolute atomic E-state index is 13.1. The molecule has 3 heterocycles. The Kier molecular flexibility index (Phi) is 5.28. The molecule has 2 aromatic rings. The maximum atomic E-state index is 13.1. The zero-order valence-electron chi connectivity index (χ0n) is 15.3. The molecule has 0 amide bonds. The van der Waals surface area contributed by atoms with Crippen LogP contribution in [0.15, 0.2) is 48.8 Å². The molecule has 2 aliphatic rings. The Balaban J connectivity index is 1.57. The molecule has 2 fully saturated rings. The fraction of sp³-hybridized carbons (Fsp3) is 0.364. The van der Waals surface area contributed by atoms with Crippen LogP contribution in [-0.4, -0.2) is 41.1 Å². The second-order valence-corrected chi connectivity index (χ2v) is 7.83. The topological polar surface area (TPSA) is 42.4 Å². The standard InChI is InChI=1S/C22H23ClN2O2/c1-25-18-6-7-19(25)14-20(13-18)27-22(26)21(12-15-8-10-24-11-9-15)16-2-4-17(23)5-3-16/h2-5,8-12,18-20H,6-7,13-14H2,1H3/b21-12-. The third-order valence-corrected chi connectivity index (χ3v) is 5.97. The minimum absolute atomic E-state index is 0.0145. The molecule has 2 saturated heterocycles. The van der Waals surface area contributed by atoms with Crippen LogP contribution in [0.4, 0.5) is 0 Å². The maximum Gasteiger partial charge on any atom is 0.339 e. The van der Waals surface area contributed by atoms with Crippen LogP contribution in [0.25, 0.3) is 11.6 Å². The number of halogens is 1. The van der Waals surface area contributed by atoms with Crippen LogP contribution in [0.2, 0.25) is 5.02 Å². The molecule has 140 valence electrons. The number of hydrogen-bond acceptors (Lipinski definition) is 4. The molecule has 4 nitrogen and oxygen atoms in total. The van der Waals surface area contributed by atoms with Gasteiger partial charge in [0.05, 0.1) is 5.57 Å². The Morgan fingerprint density at radius 2 is 1.74 bits per heavy atom. The predicted octanol–water partition coefficient (Wildman–Crippen LogP) is 4.44. The number of piperidine rings is 1. The highest BCUT2D eigenvalue weighted by Gasteiger charge is 2.40. The fourth-order valence-corrected chi connectivity index (χ4v) is 4.31. The van der Waals surface area contributed by atoms with Gasteiger partial charge < -0.3 is 9.64 Å². The van der Waals surface area contributed by atoms with Crippen LogP contribution in [-0.2, 0) is 9.53 Å². The lowest BCUT2D eigenvalue weighted by Gasteiger charge is -2.35. The van der Waals surface area contributed by atoms with E-state index in [2.05, 4.69) is 16.9 Å². The largest absolute Gasteiger partial charge is 0.459 e. The van der Waals surface area contributed by atoms with Crippen molar-refractivity contribution < 1.29 is 9.53 Å². The van der Waals surface area contributed by atoms with E-state index in [0.717, 1.165) is 24.0 Å². The number of aromatic nitrogens is 1. The molecule has 2 unspecified atom stereocenters. The second-order valence-electron chi connectivity index (χ2n) is 7.39. The van der Waals surface area contributed by atoms with Crippen molar-refractivity contribution in [3.8, 4) is 0 Å². The third kappa shape index (κ3) is 4.07. The van der Waals surface area contributed by atoms with Gasteiger partial charge in [0, 0.05) is 42.3 Å². The van der Waals surface area contributed by atoms with Crippen molar-refractivity contribution in [2.75, 3.05) is 7.05 Å². The average molecular weight is 383 g/mol. The Bertz CT molecular complexity index is 821. The molecule has 2 aliphatic heterocycles. The van der Waals surface area contributed by atoms with E-state index in [1.54, 1.807) is 24.5 Å². The van der Waals surface area contributed by atoms with Crippen molar-refractivity contribution in [2.24, 2.45) is 0 Å². The summed E-state index contributed by atoms with van der Waals surface area (Å²) in [5.74, 6) is -0.275. The summed E-state index contributed by atoms with van der Waals surface area (Å²) >= 11 is 6.02. The van der Waals surface area contributed by atoms with E-state index in [1.807, 2.05) is 30.3 Å². The quantitative estimate of drug-likeness (QED) is 0.579. The van der Waals surface area contributed by atoms with E-state index >= 15 is 0 Å². The lowest BCUT2D eigenvalue weighted by atomic mass is 9.99. The van der Waals surface area contributed by atoms with Crippen molar-refractivity contribution in [3.63, 3.8) is 0 Å². The first kappa shape index (κ1) is 18.2. The van der Waals surface area contributed by atoms with E-state index in [0.29, 0.717) is 22.7 Å². The molecule has 1 aromatic carbocycles. The van der Waals surface area contributed by atoms with Crippen molar-refractivity contribution in [2.45, 2.75) is 43.9 Å². The van der Waals surface area contributed by atoms with Crippen LogP contribution in [0.5, 0.6) is 0 Å². The number of hydrogen-bond donors (Lipinski definition) is 0. The lowest BCUT2D eigenvalue weighted by molar-refractivity contribution is -0.144. The monoisotopic (exact) mass is 382 g/mol. The van der Waals surface area contributed by atoms with Crippen molar-refractivity contribution >= 4 is 29.2 Å². The summed E-state index contributed by atoms with van der Waals surface area (Å²) in [5.41, 5.74) is 2.26. The summed E-state index contributed by atoms with van der Waals surface area (Å²) in [7, 11) is 2.18. The van der Waals surface area contributed by atoms with E-state index in [9.17, 15) is 4.79 Å². The highest BCUT2D eigenvalue weighted by Crippen LogP contribution is 2.36. The fourth-order valence-electron chi connectivity index (χ4n) is 4.19. The summed E-state index contributed by atoms with van der Waals surface area (Å²) < 4.78 is 5.96. The molecule has 0 N–H and O–H groups in total. The van der Waals surface area contributed by atoms with Gasteiger partial charge in [-0.2, -0.15) is 0 Å². The first-order chi connectivity index (χ1) is 13.1. The van der Waals surface area contributed by atoms with Gasteiger partial charge in [-0.15, -0.1) is 0 Å². The number of benzene rings is 1. The number of fused-ring (bicyclic) bond motifs is 2. The first-order valence-electron chi connectivity index (χ1n) is 9.41. The molecule has 4 rings (SSSR count). The molecule has 0 aliphatic carbocycles. The zero-order chi connectivity index (χ0) is 18.8. The minimum atomic E-state index is -0.275. The van der Waals surface area contributed by atoms with Gasteiger partial charge in [-0.05, 0) is 61.4 Å². The van der Waals surface area contributed by atoms with Gasteiger partial charge in [0.1, 0.15) is 6.10 Å². The van der Waals surface area contributed by atoms with Gasteiger partial charge in [-0.3, -0.25) is 4.98 Å². The summed E-state index contributed by atoms with van der Waals surface area (Å²) in [6.07, 6.45) is 9.51. The van der Waals surface area contributed by atoms with E-state index in [4.69, 9.17) is 16.3 Å². The third-order valence-electron chi connectivity index (χ3n) is 5.72. The number of ether oxygens (including phenoxy) is 1. The van der Waals surface area contributed by atoms with E-state index in [1.165, 1.54) is 12.8 Å². The Morgan fingerprint density at radius 3 is 2.37 bits per heavy atom. The smallest absolute Gasteiger partial charge is 0.339 e. The van der Waals surface area contributed by atoms with E-state index in [-0.39, 0.29) is 12.1 Å². The lowest BCUT2D eigenvalue weighted by Crippen LogP contribution is -2.43. The van der Waals surface area contributed by atoms with Gasteiger partial charge in [-0.1, -0.05) is 23.7 Å². The number of carbonyl (C=O) groups excluding carboxylic acids is 1. The summed E-state index contributed by atoms with van der Waals surface area (Å²) in [6.45, 7) is 0. The van der Waals surface area contributed by atoms with Crippen molar-refractivity contribution in [3.05, 3.63) is 64.9 Å². The van der Waals surface area contributed by atoms with Crippen molar-refractivity contribution in [1.29, 1.82) is 0 Å². The van der Waals surface area contributed by atoms with Gasteiger partial charge in [-0.25, -0.2) is 4.79 Å². The Labute approximate surface area is 164 Å². The van der Waals surface area contributed by atoms with Crippen molar-refractivity contribution in [1.82, 2.24) is 9.88 Å². The van der Waals surface area contributed by atoms with Crippen LogP contribution in [0.1, 0.15) is 36.8 Å². The van der Waals surface area contributed by atoms with Crippen LogP contribution >= 0.6 is 11.6 Å². The van der Waals surface area contributed by atoms with Crippen LogP contribution in [0.3, 0.4) is 0 Å². The summed E-state index contributed by atoms with van der Waals surface area (Å²) in [4.78, 5) is 19.5. The molecule has 2 atom stereocenters. The zero-order valence-corrected chi connectivity index (χ0v) is 16.1. The number of esters is 1. The Hall–Kier alpha value is -2.17. The molecular formula is C22H23ClN2O2. The minimum Gasteiger partial charge on any atom is -0.459 e. The number of rotatable bonds is 4. The second kappa shape index (κ2) is 7.83. The van der Waals surface area contributed by atoms with Crippen LogP contribution in [0, 0.1) is 0 Å². The summed E-state index contributed by atoms with van der Waals surface area (Å²) in [5, 5.41) is 0.641. The van der Waals surface area contributed by atoms with Gasteiger partial charge in [0.2, 0.25) is 0 Å². The molecular weight excluding hydrogens is 360 g/mol. The number of carbonyl (C=O) groups is 1. The summed E-state index contributed by atoms with van der Waals surface area (Å²) in [6, 6.07) is 12.1. The highest BCUT2D eigenvalue weighted by molar-refractivity contribution is 6.30. The normalized spacial score (nSPS) is 25.4. The molecule has 0 spiro atoms. The first-order valence-corrected chi connectivity index (χ1v) is 9.78. The molecule has 27 heavy (non-hydrogen) atoms. The molecule has 5 heteroatoms. The molecule has 0 saturated carbocycles. The van der Waals surface area contributed by atoms with Gasteiger partial charge in [0.15, 0.2) is 0 Å². The number of nitrogens with zero attached hydrogens (tertiary/aromatic N) is 2. The molecule has 2 bridgehead atoms. The molecule has 0 radical (unpaired) electrons. The predicted molar refractivity (Wildman–Crippen MR) is 107 cm³/mol. The Morgan fingerprint density at radius 1 is 1.11 bits per heavy atom. The highest BCUT2D eigenvalue weighted by atomic mass is 35.5. The average Bonchev–Trinajstić information content (AvgIpc) is 2.89. The van der Waals surface area contributed by atoms with E-state index < -0.39 is 0 Å². The van der Waals surface area contributed by atoms with Gasteiger partial charge >= 0.3 is 5.97 Å². The number of pyridine rings is 1. The molecule has 1 aromatic heterocycles. The SMILES string of the molecule is CN1C2CCC1CC(OC(=O)/C(=C\c1ccncc1)c1ccc(Cl)cc1)C2. The van der Waals surface area contributed by atoms with Crippen LogP contribution < -0.4 is 0 Å².